The Balaban J connectivity index is 6.16. The lowest BCUT2D eigenvalue weighted by molar-refractivity contribution is -0.147. The van der Waals surface area contributed by atoms with E-state index in [-0.39, 0.29) is 49.6 Å². The minimum Gasteiger partial charge on any atom is -0.465 e. The summed E-state index contributed by atoms with van der Waals surface area (Å²) in [6.07, 6.45) is 38.0. The third-order valence-electron chi connectivity index (χ3n) is 15.1. The quantitative estimate of drug-likeness (QED) is 0.0251. The topological polar surface area (TPSA) is 115 Å². The van der Waals surface area contributed by atoms with Gasteiger partial charge in [-0.1, -0.05) is 209 Å². The van der Waals surface area contributed by atoms with Crippen molar-refractivity contribution in [1.82, 2.24) is 14.7 Å². The Hall–Kier alpha value is -2.24. The second kappa shape index (κ2) is 52.8. The lowest BCUT2D eigenvalue weighted by Gasteiger charge is -2.32. The van der Waals surface area contributed by atoms with Crippen LogP contribution in [0.4, 0.5) is 0 Å². The predicted octanol–water partition coefficient (Wildman–Crippen LogP) is 16.3. The molecule has 4 atom stereocenters. The molecule has 0 aromatic carbocycles. The summed E-state index contributed by atoms with van der Waals surface area (Å²) in [5, 5.41) is 0. The van der Waals surface area contributed by atoms with E-state index in [1.165, 1.54) is 103 Å². The fraction of sp³-hybridized carbons (Fsp3) is 0.937. The summed E-state index contributed by atoms with van der Waals surface area (Å²) in [6.45, 7) is 22.4. The van der Waals surface area contributed by atoms with Gasteiger partial charge in [-0.25, -0.2) is 0 Å². The van der Waals surface area contributed by atoms with E-state index in [9.17, 15) is 19.2 Å². The highest BCUT2D eigenvalue weighted by molar-refractivity contribution is 5.71. The normalized spacial score (nSPS) is 13.4. The van der Waals surface area contributed by atoms with Crippen LogP contribution in [0, 0.1) is 23.7 Å². The average molecular weight is 1050 g/mol. The molecule has 0 radical (unpaired) electrons. The SMILES string of the molecule is CCCCCCC(CCCC)COC(=O)CCN(CCC(=O)OCC(CCCC)CCCCCC)CN(C)CN(CCC(=O)OCC(CCCC)CCCCCC)CCC(=O)OCC(CCCC)CCCCCC. The Morgan fingerprint density at radius 2 is 0.500 bits per heavy atom. The number of nitrogens with zero attached hydrogens (tertiary/aromatic N) is 3. The zero-order valence-corrected chi connectivity index (χ0v) is 50.4. The van der Waals surface area contributed by atoms with Gasteiger partial charge in [-0.2, -0.15) is 0 Å². The summed E-state index contributed by atoms with van der Waals surface area (Å²) in [6, 6.07) is 0. The van der Waals surface area contributed by atoms with Gasteiger partial charge in [0.15, 0.2) is 0 Å². The maximum absolute atomic E-state index is 13.4. The van der Waals surface area contributed by atoms with Gasteiger partial charge in [0.05, 0.1) is 65.4 Å². The van der Waals surface area contributed by atoms with Crippen molar-refractivity contribution in [1.29, 1.82) is 0 Å². The van der Waals surface area contributed by atoms with Crippen molar-refractivity contribution in [2.75, 3.05) is 73.0 Å². The molecule has 0 aliphatic rings. The lowest BCUT2D eigenvalue weighted by atomic mass is 9.96. The van der Waals surface area contributed by atoms with Crippen LogP contribution in [0.5, 0.6) is 0 Å². The minimum atomic E-state index is -0.202. The summed E-state index contributed by atoms with van der Waals surface area (Å²) >= 11 is 0. The van der Waals surface area contributed by atoms with Crippen LogP contribution in [0.2, 0.25) is 0 Å². The highest BCUT2D eigenvalue weighted by atomic mass is 16.5. The summed E-state index contributed by atoms with van der Waals surface area (Å²) < 4.78 is 23.8. The van der Waals surface area contributed by atoms with Gasteiger partial charge < -0.3 is 18.9 Å². The van der Waals surface area contributed by atoms with Crippen LogP contribution < -0.4 is 0 Å². The fourth-order valence-electron chi connectivity index (χ4n) is 10.0. The van der Waals surface area contributed by atoms with E-state index in [2.05, 4.69) is 70.1 Å². The van der Waals surface area contributed by atoms with Crippen LogP contribution in [0.25, 0.3) is 0 Å². The first kappa shape index (κ1) is 71.8. The Morgan fingerprint density at radius 3 is 0.703 bits per heavy atom. The van der Waals surface area contributed by atoms with Crippen molar-refractivity contribution >= 4 is 23.9 Å². The summed E-state index contributed by atoms with van der Waals surface area (Å²) in [5.41, 5.74) is 0. The molecule has 4 unspecified atom stereocenters. The molecule has 11 nitrogen and oxygen atoms in total. The molecular weight excluding hydrogens is 927 g/mol. The van der Waals surface area contributed by atoms with Crippen LogP contribution in [0.3, 0.4) is 0 Å². The first-order chi connectivity index (χ1) is 36.0. The molecule has 0 aliphatic heterocycles. The summed E-state index contributed by atoms with van der Waals surface area (Å²) in [7, 11) is 2.02. The molecule has 0 aromatic heterocycles. The maximum atomic E-state index is 13.4. The molecule has 0 N–H and O–H groups in total. The van der Waals surface area contributed by atoms with E-state index in [4.69, 9.17) is 18.9 Å². The van der Waals surface area contributed by atoms with Crippen molar-refractivity contribution in [3.8, 4) is 0 Å². The van der Waals surface area contributed by atoms with E-state index in [1.54, 1.807) is 0 Å². The van der Waals surface area contributed by atoms with Crippen LogP contribution >= 0.6 is 0 Å². The standard InChI is InChI=1S/C63H123N3O8/c1-10-18-26-30-38-56(34-22-14-5)50-71-60(67)42-46-65(47-43-61(68)72-51-57(35-23-15-6)39-31-27-19-11-2)54-64(9)55-66(48-44-62(69)73-52-58(36-24-16-7)40-32-28-20-12-3)49-45-63(70)74-53-59(37-25-17-8)41-33-29-21-13-4/h56-59H,10-55H2,1-9H3. The van der Waals surface area contributed by atoms with E-state index in [0.717, 1.165) is 103 Å². The van der Waals surface area contributed by atoms with Crippen LogP contribution in [0.1, 0.15) is 287 Å². The first-order valence-electron chi connectivity index (χ1n) is 31.7. The number of rotatable bonds is 56. The van der Waals surface area contributed by atoms with Crippen molar-refractivity contribution in [3.05, 3.63) is 0 Å². The number of ether oxygens (including phenoxy) is 4. The smallest absolute Gasteiger partial charge is 0.307 e. The molecule has 438 valence electrons. The van der Waals surface area contributed by atoms with Crippen LogP contribution in [0.15, 0.2) is 0 Å². The molecule has 0 amide bonds. The molecule has 0 heterocycles. The third-order valence-corrected chi connectivity index (χ3v) is 15.1. The minimum absolute atomic E-state index is 0.202. The Labute approximate surface area is 458 Å². The van der Waals surface area contributed by atoms with Crippen LogP contribution in [-0.2, 0) is 38.1 Å². The Morgan fingerprint density at radius 1 is 0.297 bits per heavy atom. The van der Waals surface area contributed by atoms with Gasteiger partial charge in [-0.05, 0) is 82.1 Å². The molecule has 0 saturated heterocycles. The van der Waals surface area contributed by atoms with Gasteiger partial charge in [-0.3, -0.25) is 33.9 Å². The number of carbonyl (C=O) groups excluding carboxylic acids is 4. The van der Waals surface area contributed by atoms with Crippen molar-refractivity contribution in [2.24, 2.45) is 23.7 Å². The highest BCUT2D eigenvalue weighted by Gasteiger charge is 2.21. The zero-order chi connectivity index (χ0) is 54.7. The number of carbonyl (C=O) groups is 4. The number of hydrogen-bond acceptors (Lipinski definition) is 11. The molecule has 0 fully saturated rings. The van der Waals surface area contributed by atoms with Gasteiger partial charge in [-0.15, -0.1) is 0 Å². The van der Waals surface area contributed by atoms with Crippen molar-refractivity contribution < 1.29 is 38.1 Å². The zero-order valence-electron chi connectivity index (χ0n) is 50.4. The fourth-order valence-corrected chi connectivity index (χ4v) is 10.0. The van der Waals surface area contributed by atoms with Gasteiger partial charge in [0.1, 0.15) is 0 Å². The van der Waals surface area contributed by atoms with E-state index < -0.39 is 0 Å². The molecule has 0 aliphatic carbocycles. The second-order valence-electron chi connectivity index (χ2n) is 22.5. The van der Waals surface area contributed by atoms with Gasteiger partial charge in [0, 0.05) is 26.2 Å². The van der Waals surface area contributed by atoms with Crippen molar-refractivity contribution in [2.45, 2.75) is 287 Å². The summed E-state index contributed by atoms with van der Waals surface area (Å²) in [5.74, 6) is 0.736. The number of unbranched alkanes of at least 4 members (excludes halogenated alkanes) is 16. The third kappa shape index (κ3) is 44.8. The van der Waals surface area contributed by atoms with E-state index in [1.807, 2.05) is 7.05 Å². The highest BCUT2D eigenvalue weighted by Crippen LogP contribution is 2.22. The second-order valence-corrected chi connectivity index (χ2v) is 22.5. The Bertz CT molecular complexity index is 1100. The van der Waals surface area contributed by atoms with E-state index in [0.29, 0.717) is 89.6 Å². The molecule has 0 bridgehead atoms. The summed E-state index contributed by atoms with van der Waals surface area (Å²) in [4.78, 5) is 60.0. The largest absolute Gasteiger partial charge is 0.465 e. The molecule has 11 heteroatoms. The molecule has 0 aromatic rings. The van der Waals surface area contributed by atoms with Gasteiger partial charge in [0.2, 0.25) is 0 Å². The molecule has 0 rings (SSSR count). The predicted molar refractivity (Wildman–Crippen MR) is 310 cm³/mol. The number of esters is 4. The average Bonchev–Trinajstić information content (AvgIpc) is 3.40. The van der Waals surface area contributed by atoms with Crippen molar-refractivity contribution in [3.63, 3.8) is 0 Å². The molecular formula is C63H123N3O8. The molecule has 0 saturated carbocycles. The molecule has 0 spiro atoms. The molecule has 74 heavy (non-hydrogen) atoms. The van der Waals surface area contributed by atoms with Gasteiger partial charge >= 0.3 is 23.9 Å². The first-order valence-corrected chi connectivity index (χ1v) is 31.7. The van der Waals surface area contributed by atoms with Gasteiger partial charge in [0.25, 0.3) is 0 Å². The lowest BCUT2D eigenvalue weighted by Crippen LogP contribution is -2.44. The number of hydrogen-bond donors (Lipinski definition) is 0. The monoisotopic (exact) mass is 1050 g/mol. The van der Waals surface area contributed by atoms with Crippen LogP contribution in [-0.4, -0.2) is 112 Å². The van der Waals surface area contributed by atoms with E-state index >= 15 is 0 Å². The maximum Gasteiger partial charge on any atom is 0.307 e. The Kier molecular flexibility index (Phi) is 51.2.